The Hall–Kier alpha value is -2.37. The molecule has 0 aliphatic carbocycles. The highest BCUT2D eigenvalue weighted by atomic mass is 35.5. The zero-order valence-electron chi connectivity index (χ0n) is 14.4. The molecular weight excluding hydrogens is 373 g/mol. The summed E-state index contributed by atoms with van der Waals surface area (Å²) in [5.74, 6) is -0.193. The van der Waals surface area contributed by atoms with E-state index in [-0.39, 0.29) is 18.0 Å². The van der Waals surface area contributed by atoms with Crippen molar-refractivity contribution >= 4 is 40.0 Å². The molecule has 1 aromatic heterocycles. The molecule has 0 bridgehead atoms. The van der Waals surface area contributed by atoms with E-state index in [1.807, 2.05) is 31.2 Å². The number of carbonyl (C=O) groups excluding carboxylic acids is 1. The maximum absolute atomic E-state index is 12.6. The van der Waals surface area contributed by atoms with Crippen molar-refractivity contribution in [2.24, 2.45) is 0 Å². The molecule has 0 saturated heterocycles. The Kier molecular flexibility index (Phi) is 5.30. The molecule has 0 radical (unpaired) electrons. The molecule has 0 fully saturated rings. The summed E-state index contributed by atoms with van der Waals surface area (Å²) in [4.78, 5) is 30.9. The predicted molar refractivity (Wildman–Crippen MR) is 104 cm³/mol. The van der Waals surface area contributed by atoms with Crippen LogP contribution in [-0.2, 0) is 17.9 Å². The summed E-state index contributed by atoms with van der Waals surface area (Å²) in [5.41, 5.74) is 2.21. The maximum Gasteiger partial charge on any atom is 0.261 e. The fourth-order valence-corrected chi connectivity index (χ4v) is 3.17. The quantitative estimate of drug-likeness (QED) is 0.683. The SMILES string of the molecule is Cc1ccc(CN(C)C(=O)Cn2cnc3c(Cl)cc(Cl)cc3c2=O)cc1. The van der Waals surface area contributed by atoms with E-state index in [4.69, 9.17) is 23.2 Å². The van der Waals surface area contributed by atoms with Gasteiger partial charge in [-0.15, -0.1) is 0 Å². The third-order valence-electron chi connectivity index (χ3n) is 4.12. The summed E-state index contributed by atoms with van der Waals surface area (Å²) in [6.45, 7) is 2.37. The third kappa shape index (κ3) is 3.89. The standard InChI is InChI=1S/C19H17Cl2N3O2/c1-12-3-5-13(6-4-12)9-23(2)17(25)10-24-11-22-18-15(19(24)26)7-14(20)8-16(18)21/h3-8,11H,9-10H2,1-2H3. The van der Waals surface area contributed by atoms with Crippen LogP contribution in [0.1, 0.15) is 11.1 Å². The minimum absolute atomic E-state index is 0.103. The van der Waals surface area contributed by atoms with Crippen LogP contribution in [0, 0.1) is 6.92 Å². The van der Waals surface area contributed by atoms with Crippen LogP contribution in [0.4, 0.5) is 0 Å². The summed E-state index contributed by atoms with van der Waals surface area (Å²) in [6, 6.07) is 11.0. The zero-order valence-corrected chi connectivity index (χ0v) is 15.9. The molecule has 7 heteroatoms. The van der Waals surface area contributed by atoms with Gasteiger partial charge >= 0.3 is 0 Å². The summed E-state index contributed by atoms with van der Waals surface area (Å²) in [5, 5.41) is 0.945. The minimum Gasteiger partial charge on any atom is -0.340 e. The van der Waals surface area contributed by atoms with E-state index in [1.54, 1.807) is 11.9 Å². The predicted octanol–water partition coefficient (Wildman–Crippen LogP) is 3.67. The molecule has 0 unspecified atom stereocenters. The molecule has 26 heavy (non-hydrogen) atoms. The normalized spacial score (nSPS) is 10.9. The second kappa shape index (κ2) is 7.48. The van der Waals surface area contributed by atoms with Gasteiger partial charge in [-0.05, 0) is 24.6 Å². The van der Waals surface area contributed by atoms with Crippen LogP contribution >= 0.6 is 23.2 Å². The van der Waals surface area contributed by atoms with Gasteiger partial charge in [-0.25, -0.2) is 4.98 Å². The Morgan fingerprint density at radius 2 is 1.88 bits per heavy atom. The van der Waals surface area contributed by atoms with E-state index in [0.717, 1.165) is 11.1 Å². The number of hydrogen-bond donors (Lipinski definition) is 0. The van der Waals surface area contributed by atoms with Crippen LogP contribution < -0.4 is 5.56 Å². The summed E-state index contributed by atoms with van der Waals surface area (Å²) in [6.07, 6.45) is 1.34. The van der Waals surface area contributed by atoms with E-state index in [0.29, 0.717) is 27.5 Å². The lowest BCUT2D eigenvalue weighted by atomic mass is 10.1. The van der Waals surface area contributed by atoms with Crippen LogP contribution in [0.5, 0.6) is 0 Å². The number of rotatable bonds is 4. The number of aromatic nitrogens is 2. The van der Waals surface area contributed by atoms with Crippen molar-refractivity contribution in [2.45, 2.75) is 20.0 Å². The van der Waals surface area contributed by atoms with Gasteiger partial charge in [0, 0.05) is 18.6 Å². The molecule has 2 aromatic carbocycles. The van der Waals surface area contributed by atoms with Crippen molar-refractivity contribution in [1.29, 1.82) is 0 Å². The molecule has 5 nitrogen and oxygen atoms in total. The number of amides is 1. The van der Waals surface area contributed by atoms with Crippen molar-refractivity contribution in [3.63, 3.8) is 0 Å². The van der Waals surface area contributed by atoms with E-state index >= 15 is 0 Å². The lowest BCUT2D eigenvalue weighted by molar-refractivity contribution is -0.131. The number of halogens is 2. The van der Waals surface area contributed by atoms with Crippen molar-refractivity contribution in [2.75, 3.05) is 7.05 Å². The zero-order chi connectivity index (χ0) is 18.8. The van der Waals surface area contributed by atoms with Gasteiger partial charge in [-0.1, -0.05) is 53.0 Å². The van der Waals surface area contributed by atoms with Crippen LogP contribution in [-0.4, -0.2) is 27.4 Å². The van der Waals surface area contributed by atoms with Crippen LogP contribution in [0.25, 0.3) is 10.9 Å². The first kappa shape index (κ1) is 18.4. The topological polar surface area (TPSA) is 55.2 Å². The first-order valence-corrected chi connectivity index (χ1v) is 8.74. The Morgan fingerprint density at radius 1 is 1.19 bits per heavy atom. The molecule has 0 saturated carbocycles. The van der Waals surface area contributed by atoms with Crippen molar-refractivity contribution < 1.29 is 4.79 Å². The molecule has 0 aliphatic heterocycles. The van der Waals surface area contributed by atoms with Gasteiger partial charge < -0.3 is 4.90 Å². The maximum atomic E-state index is 12.6. The van der Waals surface area contributed by atoms with Gasteiger partial charge in [0.25, 0.3) is 5.56 Å². The average molecular weight is 390 g/mol. The Bertz CT molecular complexity index is 1030. The molecule has 0 aliphatic rings. The van der Waals surface area contributed by atoms with Crippen molar-refractivity contribution in [3.8, 4) is 0 Å². The van der Waals surface area contributed by atoms with E-state index in [9.17, 15) is 9.59 Å². The average Bonchev–Trinajstić information content (AvgIpc) is 2.59. The Morgan fingerprint density at radius 3 is 2.58 bits per heavy atom. The van der Waals surface area contributed by atoms with Gasteiger partial charge in [0.1, 0.15) is 6.54 Å². The number of benzene rings is 2. The molecule has 1 heterocycles. The molecule has 134 valence electrons. The molecule has 0 atom stereocenters. The molecular formula is C19H17Cl2N3O2. The molecule has 1 amide bonds. The number of fused-ring (bicyclic) bond motifs is 1. The van der Waals surface area contributed by atoms with Crippen LogP contribution in [0.3, 0.4) is 0 Å². The fraction of sp³-hybridized carbons (Fsp3) is 0.211. The molecule has 0 N–H and O–H groups in total. The van der Waals surface area contributed by atoms with E-state index < -0.39 is 0 Å². The molecule has 3 rings (SSSR count). The summed E-state index contributed by atoms with van der Waals surface area (Å²) >= 11 is 12.0. The molecule has 3 aromatic rings. The van der Waals surface area contributed by atoms with E-state index in [1.165, 1.54) is 23.0 Å². The Balaban J connectivity index is 1.81. The second-order valence-corrected chi connectivity index (χ2v) is 7.04. The van der Waals surface area contributed by atoms with Gasteiger partial charge in [-0.3, -0.25) is 14.2 Å². The first-order chi connectivity index (χ1) is 12.3. The number of nitrogens with zero attached hydrogens (tertiary/aromatic N) is 3. The highest BCUT2D eigenvalue weighted by molar-refractivity contribution is 6.38. The van der Waals surface area contributed by atoms with E-state index in [2.05, 4.69) is 4.98 Å². The number of likely N-dealkylation sites (N-methyl/N-ethyl adjacent to an activating group) is 1. The first-order valence-electron chi connectivity index (χ1n) is 7.99. The largest absolute Gasteiger partial charge is 0.340 e. The smallest absolute Gasteiger partial charge is 0.261 e. The minimum atomic E-state index is -0.350. The third-order valence-corrected chi connectivity index (χ3v) is 4.62. The van der Waals surface area contributed by atoms with Gasteiger partial charge in [0.15, 0.2) is 0 Å². The van der Waals surface area contributed by atoms with Crippen molar-refractivity contribution in [3.05, 3.63) is 74.3 Å². The highest BCUT2D eigenvalue weighted by Gasteiger charge is 2.14. The van der Waals surface area contributed by atoms with Gasteiger partial charge in [-0.2, -0.15) is 0 Å². The second-order valence-electron chi connectivity index (χ2n) is 6.20. The Labute approximate surface area is 160 Å². The summed E-state index contributed by atoms with van der Waals surface area (Å²) < 4.78 is 1.27. The molecule has 0 spiro atoms. The number of carbonyl (C=O) groups is 1. The lowest BCUT2D eigenvalue weighted by Gasteiger charge is -2.18. The van der Waals surface area contributed by atoms with Crippen LogP contribution in [0.2, 0.25) is 10.0 Å². The number of aryl methyl sites for hydroxylation is 1. The number of hydrogen-bond acceptors (Lipinski definition) is 3. The van der Waals surface area contributed by atoms with Gasteiger partial charge in [0.05, 0.1) is 22.3 Å². The van der Waals surface area contributed by atoms with Gasteiger partial charge in [0.2, 0.25) is 5.91 Å². The summed E-state index contributed by atoms with van der Waals surface area (Å²) in [7, 11) is 1.70. The monoisotopic (exact) mass is 389 g/mol. The fourth-order valence-electron chi connectivity index (χ4n) is 2.63. The van der Waals surface area contributed by atoms with Crippen molar-refractivity contribution in [1.82, 2.24) is 14.5 Å². The highest BCUT2D eigenvalue weighted by Crippen LogP contribution is 2.23. The van der Waals surface area contributed by atoms with Crippen LogP contribution in [0.15, 0.2) is 47.5 Å². The lowest BCUT2D eigenvalue weighted by Crippen LogP contribution is -2.33.